The molecule has 3 aromatic rings. The predicted octanol–water partition coefficient (Wildman–Crippen LogP) is 9.85. The minimum Gasteiger partial charge on any atom is -0.388 e. The molecule has 0 atom stereocenters. The van der Waals surface area contributed by atoms with Crippen LogP contribution in [0.4, 0.5) is 23.7 Å². The maximum absolute atomic E-state index is 12.5. The Labute approximate surface area is 275 Å². The molecule has 0 radical (unpaired) electrons. The Bertz CT molecular complexity index is 1400. The van der Waals surface area contributed by atoms with Gasteiger partial charge in [0.15, 0.2) is 5.78 Å². The number of urea groups is 1. The van der Waals surface area contributed by atoms with Crippen LogP contribution in [0.3, 0.4) is 0 Å². The van der Waals surface area contributed by atoms with Crippen molar-refractivity contribution < 1.29 is 22.8 Å². The standard InChI is InChI=1S/C18H19NO.C13H14ClF3N2O.C4H8.C2H2/c1-19-17-11-9-14(10-12-17)13-5-7-16(8-6-13)18(20)15-3-2-4-15;14-11-7-10(13(15,16)17)4-3-9(11)8-18-12(20)19-5-1-2-6-19;1-2-4-3-1;1-2/h5-12,15,19H,2-4H2,1H3;3-4,7H,1-2,5-6,8H2,(H,18,20);1-4H2;1-2H. The molecule has 3 aliphatic rings. The second-order valence-electron chi connectivity index (χ2n) is 11.5. The van der Waals surface area contributed by atoms with Gasteiger partial charge in [-0.05, 0) is 66.6 Å². The number of carbonyl (C=O) groups is 2. The van der Waals surface area contributed by atoms with Gasteiger partial charge in [-0.1, -0.05) is 86.2 Å². The second kappa shape index (κ2) is 18.3. The molecule has 5 nitrogen and oxygen atoms in total. The average molecular weight is 654 g/mol. The lowest BCUT2D eigenvalue weighted by Gasteiger charge is -2.23. The van der Waals surface area contributed by atoms with Crippen LogP contribution in [0.5, 0.6) is 0 Å². The van der Waals surface area contributed by atoms with Crippen LogP contribution in [0.25, 0.3) is 11.1 Å². The van der Waals surface area contributed by atoms with Crippen LogP contribution in [0.2, 0.25) is 5.02 Å². The highest BCUT2D eigenvalue weighted by Gasteiger charge is 2.31. The highest BCUT2D eigenvalue weighted by molar-refractivity contribution is 6.31. The lowest BCUT2D eigenvalue weighted by molar-refractivity contribution is -0.137. The van der Waals surface area contributed by atoms with E-state index in [2.05, 4.69) is 47.7 Å². The second-order valence-corrected chi connectivity index (χ2v) is 11.9. The van der Waals surface area contributed by atoms with Gasteiger partial charge in [-0.15, -0.1) is 12.8 Å². The number of rotatable bonds is 6. The first kappa shape index (κ1) is 36.5. The molecule has 1 aliphatic heterocycles. The van der Waals surface area contributed by atoms with E-state index in [4.69, 9.17) is 11.6 Å². The van der Waals surface area contributed by atoms with E-state index >= 15 is 0 Å². The van der Waals surface area contributed by atoms with Crippen LogP contribution in [0.15, 0.2) is 66.7 Å². The molecule has 46 heavy (non-hydrogen) atoms. The molecule has 2 saturated carbocycles. The van der Waals surface area contributed by atoms with Crippen molar-refractivity contribution in [2.45, 2.75) is 70.5 Å². The molecule has 2 N–H and O–H groups in total. The van der Waals surface area contributed by atoms with Crippen molar-refractivity contribution in [3.63, 3.8) is 0 Å². The van der Waals surface area contributed by atoms with Crippen LogP contribution < -0.4 is 10.6 Å². The van der Waals surface area contributed by atoms with Crippen LogP contribution in [-0.2, 0) is 12.7 Å². The lowest BCUT2D eigenvalue weighted by atomic mass is 9.80. The quantitative estimate of drug-likeness (QED) is 0.206. The van der Waals surface area contributed by atoms with Crippen molar-refractivity contribution in [2.24, 2.45) is 5.92 Å². The van der Waals surface area contributed by atoms with Gasteiger partial charge in [0.2, 0.25) is 0 Å². The third-order valence-electron chi connectivity index (χ3n) is 8.36. The number of carbonyl (C=O) groups excluding carboxylic acids is 2. The zero-order valence-electron chi connectivity index (χ0n) is 26.3. The lowest BCUT2D eigenvalue weighted by Crippen LogP contribution is -2.37. The first-order valence-electron chi connectivity index (χ1n) is 15.8. The first-order chi connectivity index (χ1) is 22.2. The number of Topliss-reactive ketones (excluding diaryl/α,β-unsaturated/α-hetero) is 1. The van der Waals surface area contributed by atoms with Crippen molar-refractivity contribution in [3.05, 3.63) is 88.4 Å². The summed E-state index contributed by atoms with van der Waals surface area (Å²) in [4.78, 5) is 25.6. The maximum Gasteiger partial charge on any atom is 0.416 e. The number of likely N-dealkylation sites (tertiary alicyclic amines) is 1. The molecule has 246 valence electrons. The number of nitrogens with zero attached hydrogens (tertiary/aromatic N) is 1. The van der Waals surface area contributed by atoms with Gasteiger partial charge in [-0.2, -0.15) is 13.2 Å². The van der Waals surface area contributed by atoms with E-state index < -0.39 is 11.7 Å². The molecule has 0 aromatic heterocycles. The Morgan fingerprint density at radius 1 is 0.826 bits per heavy atom. The monoisotopic (exact) mass is 653 g/mol. The van der Waals surface area contributed by atoms with E-state index in [0.29, 0.717) is 24.4 Å². The van der Waals surface area contributed by atoms with E-state index in [1.165, 1.54) is 43.7 Å². The number of hydrogen-bond acceptors (Lipinski definition) is 3. The number of nitrogens with one attached hydrogen (secondary N) is 2. The molecule has 2 amide bonds. The van der Waals surface area contributed by atoms with Crippen molar-refractivity contribution >= 4 is 29.1 Å². The summed E-state index contributed by atoms with van der Waals surface area (Å²) < 4.78 is 37.4. The summed E-state index contributed by atoms with van der Waals surface area (Å²) >= 11 is 5.81. The number of halogens is 4. The molecule has 0 spiro atoms. The van der Waals surface area contributed by atoms with Crippen molar-refractivity contribution in [1.82, 2.24) is 10.2 Å². The summed E-state index contributed by atoms with van der Waals surface area (Å²) in [6, 6.07) is 19.2. The van der Waals surface area contributed by atoms with Gasteiger partial charge in [0.1, 0.15) is 0 Å². The summed E-state index contributed by atoms with van der Waals surface area (Å²) in [6.07, 6.45) is 14.9. The molecule has 1 heterocycles. The number of ketones is 1. The normalized spacial score (nSPS) is 15.2. The SMILES string of the molecule is C#C.C1CCC1.CNc1ccc(-c2ccc(C(=O)C3CCC3)cc2)cc1.O=C(NCc1ccc(C(F)(F)F)cc1Cl)N1CCCC1. The zero-order chi connectivity index (χ0) is 33.5. The van der Waals surface area contributed by atoms with Crippen LogP contribution in [-0.4, -0.2) is 36.9 Å². The van der Waals surface area contributed by atoms with Crippen molar-refractivity contribution in [2.75, 3.05) is 25.5 Å². The van der Waals surface area contributed by atoms with Crippen molar-refractivity contribution in [1.29, 1.82) is 0 Å². The van der Waals surface area contributed by atoms with Gasteiger partial charge in [0.05, 0.1) is 5.56 Å². The summed E-state index contributed by atoms with van der Waals surface area (Å²) in [5.74, 6) is 0.587. The van der Waals surface area contributed by atoms with Crippen molar-refractivity contribution in [3.8, 4) is 24.0 Å². The fourth-order valence-corrected chi connectivity index (χ4v) is 5.13. The fraction of sp³-hybridized carbons (Fsp3) is 0.405. The van der Waals surface area contributed by atoms with Gasteiger partial charge < -0.3 is 15.5 Å². The molecule has 2 aliphatic carbocycles. The van der Waals surface area contributed by atoms with Gasteiger partial charge in [-0.3, -0.25) is 4.79 Å². The van der Waals surface area contributed by atoms with Crippen LogP contribution >= 0.6 is 11.6 Å². The maximum atomic E-state index is 12.5. The van der Waals surface area contributed by atoms with Crippen LogP contribution in [0, 0.1) is 18.8 Å². The van der Waals surface area contributed by atoms with E-state index in [1.807, 2.05) is 31.3 Å². The molecule has 0 unspecified atom stereocenters. The molecule has 3 aromatic carbocycles. The van der Waals surface area contributed by atoms with Gasteiger partial charge in [0, 0.05) is 48.9 Å². The minimum absolute atomic E-state index is 0.00143. The van der Waals surface area contributed by atoms with Gasteiger partial charge >= 0.3 is 12.2 Å². The molecule has 1 saturated heterocycles. The van der Waals surface area contributed by atoms with Gasteiger partial charge in [0.25, 0.3) is 0 Å². The van der Waals surface area contributed by atoms with Gasteiger partial charge in [-0.25, -0.2) is 4.79 Å². The topological polar surface area (TPSA) is 61.4 Å². The summed E-state index contributed by atoms with van der Waals surface area (Å²) in [7, 11) is 1.91. The Kier molecular flexibility index (Phi) is 14.5. The summed E-state index contributed by atoms with van der Waals surface area (Å²) in [5, 5.41) is 5.77. The average Bonchev–Trinajstić information content (AvgIpc) is 3.55. The Hall–Kier alpha value is -3.96. The predicted molar refractivity (Wildman–Crippen MR) is 181 cm³/mol. The zero-order valence-corrected chi connectivity index (χ0v) is 27.1. The van der Waals surface area contributed by atoms with E-state index in [1.54, 1.807) is 4.90 Å². The molecule has 0 bridgehead atoms. The number of amides is 2. The van der Waals surface area contributed by atoms with E-state index in [-0.39, 0.29) is 23.5 Å². The molecular weight excluding hydrogens is 611 g/mol. The Morgan fingerprint density at radius 3 is 1.80 bits per heavy atom. The number of benzene rings is 3. The molecule has 3 fully saturated rings. The smallest absolute Gasteiger partial charge is 0.388 e. The highest BCUT2D eigenvalue weighted by Crippen LogP contribution is 2.32. The van der Waals surface area contributed by atoms with Crippen LogP contribution in [0.1, 0.15) is 79.3 Å². The minimum atomic E-state index is -4.42. The summed E-state index contributed by atoms with van der Waals surface area (Å²) in [6.45, 7) is 1.55. The number of hydrogen-bond donors (Lipinski definition) is 2. The Balaban J connectivity index is 0.000000213. The first-order valence-corrected chi connectivity index (χ1v) is 16.2. The Morgan fingerprint density at radius 2 is 1.37 bits per heavy atom. The van der Waals surface area contributed by atoms with E-state index in [9.17, 15) is 22.8 Å². The largest absolute Gasteiger partial charge is 0.416 e. The number of terminal acetylenes is 1. The number of anilines is 1. The molecule has 6 rings (SSSR count). The highest BCUT2D eigenvalue weighted by atomic mass is 35.5. The summed E-state index contributed by atoms with van der Waals surface area (Å²) in [5.41, 5.74) is 3.95. The molecular formula is C37H43ClF3N3O2. The molecule has 9 heteroatoms. The fourth-order valence-electron chi connectivity index (χ4n) is 4.88. The third kappa shape index (κ3) is 10.8. The van der Waals surface area contributed by atoms with E-state index in [0.717, 1.165) is 54.6 Å². The number of alkyl halides is 3. The third-order valence-corrected chi connectivity index (χ3v) is 8.71.